The maximum Gasteiger partial charge on any atom is 0.117 e. The van der Waals surface area contributed by atoms with Gasteiger partial charge in [-0.1, -0.05) is 35.9 Å². The molecular formula is C18H23ClO4. The Hall–Kier alpha value is -1.59. The molecule has 1 aromatic rings. The first-order chi connectivity index (χ1) is 10.9. The van der Waals surface area contributed by atoms with E-state index in [-0.39, 0.29) is 19.0 Å². The normalized spacial score (nSPS) is 14.0. The number of hydrogen-bond acceptors (Lipinski definition) is 4. The maximum atomic E-state index is 10.2. The molecule has 4 nitrogen and oxygen atoms in total. The highest BCUT2D eigenvalue weighted by Gasteiger charge is 2.13. The number of phenols is 1. The predicted octanol–water partition coefficient (Wildman–Crippen LogP) is 3.06. The minimum absolute atomic E-state index is 0.113. The van der Waals surface area contributed by atoms with Crippen LogP contribution in [0.4, 0.5) is 0 Å². The quantitative estimate of drug-likeness (QED) is 0.549. The summed E-state index contributed by atoms with van der Waals surface area (Å²) in [6.07, 6.45) is 3.59. The molecule has 0 fully saturated rings. The molecule has 5 heteroatoms. The summed E-state index contributed by atoms with van der Waals surface area (Å²) in [6.45, 7) is 5.12. The first-order valence-corrected chi connectivity index (χ1v) is 7.70. The molecule has 0 heterocycles. The van der Waals surface area contributed by atoms with Crippen LogP contribution in [0.25, 0.3) is 6.08 Å². The molecule has 1 aromatic carbocycles. The molecule has 0 saturated heterocycles. The van der Waals surface area contributed by atoms with E-state index in [1.165, 1.54) is 12.1 Å². The van der Waals surface area contributed by atoms with Crippen molar-refractivity contribution in [3.05, 3.63) is 58.2 Å². The first-order valence-electron chi connectivity index (χ1n) is 7.32. The van der Waals surface area contributed by atoms with Crippen molar-refractivity contribution in [2.75, 3.05) is 13.2 Å². The van der Waals surface area contributed by atoms with Crippen LogP contribution in [-0.2, 0) is 0 Å². The summed E-state index contributed by atoms with van der Waals surface area (Å²) < 4.78 is 0. The van der Waals surface area contributed by atoms with Crippen LogP contribution in [0, 0.1) is 0 Å². The summed E-state index contributed by atoms with van der Waals surface area (Å²) in [5.74, 6) is 0.113. The number of phenolic OH excluding ortho intramolecular Hbond substituents is 1. The van der Waals surface area contributed by atoms with Crippen molar-refractivity contribution < 1.29 is 20.4 Å². The molecule has 0 radical (unpaired) electrons. The SMILES string of the molecule is C=C(CO)/C(=C/CO)C(O)CC/C(C)=C/c1ccc(O)cc1Cl. The molecule has 0 saturated carbocycles. The summed E-state index contributed by atoms with van der Waals surface area (Å²) in [6, 6.07) is 4.76. The van der Waals surface area contributed by atoms with Crippen LogP contribution in [0.2, 0.25) is 5.02 Å². The summed E-state index contributed by atoms with van der Waals surface area (Å²) in [5.41, 5.74) is 2.66. The van der Waals surface area contributed by atoms with Gasteiger partial charge in [0.25, 0.3) is 0 Å². The van der Waals surface area contributed by atoms with Gasteiger partial charge in [-0.2, -0.15) is 0 Å². The highest BCUT2D eigenvalue weighted by atomic mass is 35.5. The molecule has 0 aliphatic heterocycles. The molecule has 0 aliphatic carbocycles. The Bertz CT molecular complexity index is 605. The lowest BCUT2D eigenvalue weighted by atomic mass is 9.96. The second kappa shape index (κ2) is 9.53. The van der Waals surface area contributed by atoms with Gasteiger partial charge in [-0.05, 0) is 54.7 Å². The number of aromatic hydroxyl groups is 1. The van der Waals surface area contributed by atoms with Gasteiger partial charge in [-0.3, -0.25) is 0 Å². The molecule has 0 aliphatic rings. The second-order valence-corrected chi connectivity index (χ2v) is 5.76. The lowest BCUT2D eigenvalue weighted by molar-refractivity contribution is 0.197. The van der Waals surface area contributed by atoms with Gasteiger partial charge in [0.05, 0.1) is 24.3 Å². The van der Waals surface area contributed by atoms with E-state index in [0.717, 1.165) is 11.1 Å². The molecule has 126 valence electrons. The number of allylic oxidation sites excluding steroid dienone is 1. The molecule has 0 aromatic heterocycles. The van der Waals surface area contributed by atoms with Gasteiger partial charge in [-0.15, -0.1) is 0 Å². The van der Waals surface area contributed by atoms with Crippen LogP contribution in [0.1, 0.15) is 25.3 Å². The second-order valence-electron chi connectivity index (χ2n) is 5.35. The minimum Gasteiger partial charge on any atom is -0.508 e. The first kappa shape index (κ1) is 19.5. The van der Waals surface area contributed by atoms with Gasteiger partial charge in [0, 0.05) is 0 Å². The Labute approximate surface area is 141 Å². The van der Waals surface area contributed by atoms with E-state index >= 15 is 0 Å². The van der Waals surface area contributed by atoms with Crippen molar-refractivity contribution >= 4 is 17.7 Å². The number of aliphatic hydroxyl groups excluding tert-OH is 3. The third-order valence-corrected chi connectivity index (χ3v) is 3.79. The molecule has 0 bridgehead atoms. The van der Waals surface area contributed by atoms with Crippen molar-refractivity contribution in [3.8, 4) is 5.75 Å². The minimum atomic E-state index is -0.805. The number of benzene rings is 1. The lowest BCUT2D eigenvalue weighted by Gasteiger charge is -2.16. The average Bonchev–Trinajstić information content (AvgIpc) is 2.52. The van der Waals surface area contributed by atoms with Crippen LogP contribution < -0.4 is 0 Å². The van der Waals surface area contributed by atoms with Gasteiger partial charge in [0.15, 0.2) is 0 Å². The van der Waals surface area contributed by atoms with E-state index in [1.54, 1.807) is 12.1 Å². The summed E-state index contributed by atoms with van der Waals surface area (Å²) in [5, 5.41) is 38.1. The largest absolute Gasteiger partial charge is 0.508 e. The average molecular weight is 339 g/mol. The topological polar surface area (TPSA) is 80.9 Å². The number of halogens is 1. The molecule has 1 rings (SSSR count). The Morgan fingerprint density at radius 3 is 2.61 bits per heavy atom. The smallest absolute Gasteiger partial charge is 0.117 e. The monoisotopic (exact) mass is 338 g/mol. The van der Waals surface area contributed by atoms with E-state index in [0.29, 0.717) is 29.0 Å². The van der Waals surface area contributed by atoms with Gasteiger partial charge in [0.1, 0.15) is 5.75 Å². The van der Waals surface area contributed by atoms with Crippen LogP contribution in [-0.4, -0.2) is 39.7 Å². The molecule has 0 amide bonds. The molecular weight excluding hydrogens is 316 g/mol. The molecule has 23 heavy (non-hydrogen) atoms. The van der Waals surface area contributed by atoms with Gasteiger partial charge in [0.2, 0.25) is 0 Å². The third kappa shape index (κ3) is 6.20. The van der Waals surface area contributed by atoms with Crippen molar-refractivity contribution in [3.63, 3.8) is 0 Å². The highest BCUT2D eigenvalue weighted by molar-refractivity contribution is 6.32. The van der Waals surface area contributed by atoms with Crippen molar-refractivity contribution in [2.24, 2.45) is 0 Å². The van der Waals surface area contributed by atoms with Crippen molar-refractivity contribution in [1.29, 1.82) is 0 Å². The van der Waals surface area contributed by atoms with E-state index in [2.05, 4.69) is 6.58 Å². The summed E-state index contributed by atoms with van der Waals surface area (Å²) in [4.78, 5) is 0. The van der Waals surface area contributed by atoms with Gasteiger partial charge >= 0.3 is 0 Å². The Morgan fingerprint density at radius 2 is 2.04 bits per heavy atom. The Morgan fingerprint density at radius 1 is 1.35 bits per heavy atom. The van der Waals surface area contributed by atoms with E-state index in [1.807, 2.05) is 13.0 Å². The lowest BCUT2D eigenvalue weighted by Crippen LogP contribution is -2.14. The fourth-order valence-electron chi connectivity index (χ4n) is 2.20. The van der Waals surface area contributed by atoms with Crippen molar-refractivity contribution in [2.45, 2.75) is 25.9 Å². The molecule has 4 N–H and O–H groups in total. The zero-order chi connectivity index (χ0) is 17.4. The standard InChI is InChI=1S/C18H23ClO4/c1-12(9-14-4-5-15(22)10-17(14)19)3-6-18(23)16(7-8-20)13(2)11-21/h4-5,7,9-10,18,20-23H,2-3,6,8,11H2,1H3/b12-9+,16-7-. The summed E-state index contributed by atoms with van der Waals surface area (Å²) in [7, 11) is 0. The van der Waals surface area contributed by atoms with Crippen molar-refractivity contribution in [1.82, 2.24) is 0 Å². The number of rotatable bonds is 8. The fourth-order valence-corrected chi connectivity index (χ4v) is 2.43. The van der Waals surface area contributed by atoms with E-state index in [9.17, 15) is 10.2 Å². The zero-order valence-corrected chi connectivity index (χ0v) is 13.9. The maximum absolute atomic E-state index is 10.2. The van der Waals surface area contributed by atoms with E-state index in [4.69, 9.17) is 21.8 Å². The molecule has 1 atom stereocenters. The Kier molecular flexibility index (Phi) is 8.06. The zero-order valence-electron chi connectivity index (χ0n) is 13.2. The van der Waals surface area contributed by atoms with Gasteiger partial charge in [-0.25, -0.2) is 0 Å². The Balaban J connectivity index is 2.74. The van der Waals surface area contributed by atoms with Gasteiger partial charge < -0.3 is 20.4 Å². The van der Waals surface area contributed by atoms with Crippen LogP contribution in [0.15, 0.2) is 47.6 Å². The van der Waals surface area contributed by atoms with Crippen LogP contribution in [0.3, 0.4) is 0 Å². The number of aliphatic hydroxyl groups is 3. The fraction of sp³-hybridized carbons (Fsp3) is 0.333. The van der Waals surface area contributed by atoms with Crippen LogP contribution >= 0.6 is 11.6 Å². The van der Waals surface area contributed by atoms with E-state index < -0.39 is 6.10 Å². The van der Waals surface area contributed by atoms with Crippen LogP contribution in [0.5, 0.6) is 5.75 Å². The number of hydrogen-bond donors (Lipinski definition) is 4. The predicted molar refractivity (Wildman–Crippen MR) is 93.4 cm³/mol. The molecule has 1 unspecified atom stereocenters. The highest BCUT2D eigenvalue weighted by Crippen LogP contribution is 2.25. The molecule has 0 spiro atoms. The summed E-state index contributed by atoms with van der Waals surface area (Å²) >= 11 is 6.06. The third-order valence-electron chi connectivity index (χ3n) is 3.47.